The van der Waals surface area contributed by atoms with Crippen LogP contribution in [0.2, 0.25) is 0 Å². The maximum atomic E-state index is 12.7. The van der Waals surface area contributed by atoms with Crippen LogP contribution in [0, 0.1) is 0 Å². The molecule has 0 radical (unpaired) electrons. The van der Waals surface area contributed by atoms with E-state index in [1.54, 1.807) is 15.9 Å². The van der Waals surface area contributed by atoms with Crippen LogP contribution in [0.4, 0.5) is 0 Å². The number of oxazole rings is 1. The average molecular weight is 331 g/mol. The molecule has 24 heavy (non-hydrogen) atoms. The average Bonchev–Trinajstić information content (AvgIpc) is 3.21. The van der Waals surface area contributed by atoms with Gasteiger partial charge in [0, 0.05) is 32.1 Å². The third-order valence-electron chi connectivity index (χ3n) is 4.16. The highest BCUT2D eigenvalue weighted by atomic mass is 16.3. The third kappa shape index (κ3) is 3.20. The summed E-state index contributed by atoms with van der Waals surface area (Å²) in [5.74, 6) is 0.501. The van der Waals surface area contributed by atoms with Gasteiger partial charge in [-0.1, -0.05) is 13.8 Å². The van der Waals surface area contributed by atoms with Crippen LogP contribution in [0.3, 0.4) is 0 Å². The maximum Gasteiger partial charge on any atom is 0.276 e. The molecule has 1 saturated heterocycles. The lowest BCUT2D eigenvalue weighted by atomic mass is 10.1. The van der Waals surface area contributed by atoms with Crippen LogP contribution in [0.15, 0.2) is 33.8 Å². The van der Waals surface area contributed by atoms with Gasteiger partial charge in [-0.25, -0.2) is 4.98 Å². The molecule has 128 valence electrons. The number of amides is 2. The van der Waals surface area contributed by atoms with Gasteiger partial charge in [-0.05, 0) is 12.5 Å². The van der Waals surface area contributed by atoms with Gasteiger partial charge in [0.1, 0.15) is 12.0 Å². The molecule has 0 saturated carbocycles. The molecule has 0 bridgehead atoms. The van der Waals surface area contributed by atoms with Crippen LogP contribution in [0.5, 0.6) is 0 Å². The van der Waals surface area contributed by atoms with Crippen molar-refractivity contribution >= 4 is 11.8 Å². The first-order valence-corrected chi connectivity index (χ1v) is 8.12. The molecule has 0 N–H and O–H groups in total. The van der Waals surface area contributed by atoms with E-state index in [0.29, 0.717) is 43.2 Å². The molecule has 0 aliphatic carbocycles. The minimum atomic E-state index is -0.134. The summed E-state index contributed by atoms with van der Waals surface area (Å²) in [6, 6.07) is 1.65. The Morgan fingerprint density at radius 3 is 2.46 bits per heavy atom. The number of furan rings is 1. The zero-order valence-corrected chi connectivity index (χ0v) is 13.9. The summed E-state index contributed by atoms with van der Waals surface area (Å²) in [4.78, 5) is 32.7. The van der Waals surface area contributed by atoms with Crippen molar-refractivity contribution in [3.63, 3.8) is 0 Å². The Balaban J connectivity index is 1.68. The Bertz CT molecular complexity index is 705. The molecule has 3 rings (SSSR count). The molecule has 1 aliphatic heterocycles. The van der Waals surface area contributed by atoms with Crippen LogP contribution in [-0.2, 0) is 0 Å². The lowest BCUT2D eigenvalue weighted by Crippen LogP contribution is -2.37. The molecule has 0 spiro atoms. The molecule has 1 aliphatic rings. The highest BCUT2D eigenvalue weighted by Gasteiger charge is 2.27. The Kier molecular flexibility index (Phi) is 4.69. The van der Waals surface area contributed by atoms with Gasteiger partial charge >= 0.3 is 0 Å². The van der Waals surface area contributed by atoms with Crippen molar-refractivity contribution < 1.29 is 18.4 Å². The Morgan fingerprint density at radius 1 is 1.12 bits per heavy atom. The van der Waals surface area contributed by atoms with Gasteiger partial charge in [0.2, 0.25) is 0 Å². The van der Waals surface area contributed by atoms with Crippen molar-refractivity contribution in [2.24, 2.45) is 0 Å². The van der Waals surface area contributed by atoms with E-state index in [1.165, 1.54) is 18.9 Å². The van der Waals surface area contributed by atoms with Crippen LogP contribution < -0.4 is 0 Å². The molecule has 3 heterocycles. The van der Waals surface area contributed by atoms with Crippen molar-refractivity contribution in [1.82, 2.24) is 14.8 Å². The molecule has 0 unspecified atom stereocenters. The zero-order valence-electron chi connectivity index (χ0n) is 13.9. The quantitative estimate of drug-likeness (QED) is 0.862. The van der Waals surface area contributed by atoms with Crippen molar-refractivity contribution in [3.05, 3.63) is 42.0 Å². The predicted molar refractivity (Wildman–Crippen MR) is 85.7 cm³/mol. The van der Waals surface area contributed by atoms with E-state index in [0.717, 1.165) is 6.42 Å². The summed E-state index contributed by atoms with van der Waals surface area (Å²) < 4.78 is 10.3. The topological polar surface area (TPSA) is 79.8 Å². The van der Waals surface area contributed by atoms with E-state index in [2.05, 4.69) is 4.98 Å². The fourth-order valence-corrected chi connectivity index (χ4v) is 2.87. The second kappa shape index (κ2) is 6.90. The van der Waals surface area contributed by atoms with E-state index < -0.39 is 0 Å². The van der Waals surface area contributed by atoms with Crippen LogP contribution in [-0.4, -0.2) is 52.8 Å². The molecule has 1 fully saturated rings. The molecule has 2 amide bonds. The molecule has 0 atom stereocenters. The molecule has 0 aromatic carbocycles. The van der Waals surface area contributed by atoms with Gasteiger partial charge in [-0.3, -0.25) is 9.59 Å². The number of hydrogen-bond donors (Lipinski definition) is 0. The summed E-state index contributed by atoms with van der Waals surface area (Å²) in [5.41, 5.74) is 0.910. The highest BCUT2D eigenvalue weighted by Crippen LogP contribution is 2.20. The second-order valence-corrected chi connectivity index (χ2v) is 6.17. The first kappa shape index (κ1) is 16.3. The van der Waals surface area contributed by atoms with E-state index in [1.807, 2.05) is 13.8 Å². The van der Waals surface area contributed by atoms with Gasteiger partial charge in [0.05, 0.1) is 11.8 Å². The largest absolute Gasteiger partial charge is 0.472 e. The minimum absolute atomic E-state index is 0.0673. The van der Waals surface area contributed by atoms with Crippen LogP contribution >= 0.6 is 0 Å². The smallest absolute Gasteiger partial charge is 0.276 e. The van der Waals surface area contributed by atoms with Crippen LogP contribution in [0.25, 0.3) is 0 Å². The third-order valence-corrected chi connectivity index (χ3v) is 4.16. The van der Waals surface area contributed by atoms with E-state index in [9.17, 15) is 9.59 Å². The van der Waals surface area contributed by atoms with Gasteiger partial charge in [0.15, 0.2) is 12.1 Å². The van der Waals surface area contributed by atoms with Crippen molar-refractivity contribution in [3.8, 4) is 0 Å². The normalized spacial score (nSPS) is 15.6. The van der Waals surface area contributed by atoms with E-state index >= 15 is 0 Å². The molecule has 7 heteroatoms. The van der Waals surface area contributed by atoms with E-state index in [-0.39, 0.29) is 17.7 Å². The van der Waals surface area contributed by atoms with Crippen molar-refractivity contribution in [2.75, 3.05) is 26.2 Å². The fourth-order valence-electron chi connectivity index (χ4n) is 2.87. The highest BCUT2D eigenvalue weighted by molar-refractivity contribution is 5.94. The van der Waals surface area contributed by atoms with Gasteiger partial charge in [0.25, 0.3) is 11.8 Å². The predicted octanol–water partition coefficient (Wildman–Crippen LogP) is 2.38. The number of rotatable bonds is 3. The number of hydrogen-bond acceptors (Lipinski definition) is 5. The Morgan fingerprint density at radius 2 is 1.83 bits per heavy atom. The summed E-state index contributed by atoms with van der Waals surface area (Å²) in [6.45, 7) is 6.11. The Hall–Kier alpha value is -2.57. The lowest BCUT2D eigenvalue weighted by molar-refractivity contribution is 0.0714. The van der Waals surface area contributed by atoms with E-state index in [4.69, 9.17) is 8.83 Å². The fraction of sp³-hybridized carbons (Fsp3) is 0.471. The SMILES string of the molecule is CC(C)c1ocnc1C(=O)N1CCCN(C(=O)c2ccoc2)CC1. The zero-order chi connectivity index (χ0) is 17.1. The number of carbonyl (C=O) groups excluding carboxylic acids is 2. The van der Waals surface area contributed by atoms with Crippen LogP contribution in [0.1, 0.15) is 52.8 Å². The summed E-state index contributed by atoms with van der Waals surface area (Å²) >= 11 is 0. The number of nitrogens with zero attached hydrogens (tertiary/aromatic N) is 3. The first-order chi connectivity index (χ1) is 11.6. The molecule has 2 aromatic rings. The molecule has 7 nitrogen and oxygen atoms in total. The first-order valence-electron chi connectivity index (χ1n) is 8.12. The maximum absolute atomic E-state index is 12.7. The molecular formula is C17H21N3O4. The summed E-state index contributed by atoms with van der Waals surface area (Å²) in [7, 11) is 0. The van der Waals surface area contributed by atoms with Gasteiger partial charge in [-0.2, -0.15) is 0 Å². The standard InChI is InChI=1S/C17H21N3O4/c1-12(2)15-14(18-11-24-15)17(22)20-6-3-5-19(7-8-20)16(21)13-4-9-23-10-13/h4,9-12H,3,5-8H2,1-2H3. The second-order valence-electron chi connectivity index (χ2n) is 6.17. The molecule has 2 aromatic heterocycles. The van der Waals surface area contributed by atoms with Gasteiger partial charge in [-0.15, -0.1) is 0 Å². The van der Waals surface area contributed by atoms with Crippen molar-refractivity contribution in [1.29, 1.82) is 0 Å². The summed E-state index contributed by atoms with van der Waals surface area (Å²) in [6.07, 6.45) is 4.97. The number of carbonyl (C=O) groups is 2. The molecular weight excluding hydrogens is 310 g/mol. The number of aromatic nitrogens is 1. The van der Waals surface area contributed by atoms with Crippen molar-refractivity contribution in [2.45, 2.75) is 26.2 Å². The minimum Gasteiger partial charge on any atom is -0.472 e. The Labute approximate surface area is 140 Å². The summed E-state index contributed by atoms with van der Waals surface area (Å²) in [5, 5.41) is 0. The van der Waals surface area contributed by atoms with Gasteiger partial charge < -0.3 is 18.6 Å². The lowest BCUT2D eigenvalue weighted by Gasteiger charge is -2.21. The monoisotopic (exact) mass is 331 g/mol.